The number of nitrogen functional groups attached to an aromatic ring is 1. The lowest BCUT2D eigenvalue weighted by Gasteiger charge is -2.24. The molecule has 30 heavy (non-hydrogen) atoms. The highest BCUT2D eigenvalue weighted by molar-refractivity contribution is 5.99. The van der Waals surface area contributed by atoms with Gasteiger partial charge in [-0.3, -0.25) is 4.79 Å². The Morgan fingerprint density at radius 3 is 2.63 bits per heavy atom. The minimum atomic E-state index is -1.56. The van der Waals surface area contributed by atoms with E-state index < -0.39 is 51.9 Å². The van der Waals surface area contributed by atoms with E-state index in [4.69, 9.17) is 5.73 Å². The lowest BCUT2D eigenvalue weighted by atomic mass is 9.94. The first-order chi connectivity index (χ1) is 14.3. The van der Waals surface area contributed by atoms with E-state index in [9.17, 15) is 19.1 Å². The van der Waals surface area contributed by atoms with Gasteiger partial charge in [-0.05, 0) is 25.3 Å². The lowest BCUT2D eigenvalue weighted by Crippen LogP contribution is -2.40. The number of aromatic carboxylic acids is 1. The third kappa shape index (κ3) is 2.69. The van der Waals surface area contributed by atoms with Crippen LogP contribution in [0.15, 0.2) is 11.0 Å². The Hall–Kier alpha value is -2.75. The summed E-state index contributed by atoms with van der Waals surface area (Å²) in [6.07, 6.45) is 1.62. The first-order valence-electron chi connectivity index (χ1n) is 10.0. The van der Waals surface area contributed by atoms with E-state index in [2.05, 4.69) is 5.32 Å². The summed E-state index contributed by atoms with van der Waals surface area (Å²) in [4.78, 5) is 25.8. The maximum Gasteiger partial charge on any atom is 0.341 e. The molecule has 2 saturated heterocycles. The average Bonchev–Trinajstić information content (AvgIpc) is 3.27. The van der Waals surface area contributed by atoms with Crippen LogP contribution in [0, 0.1) is 17.6 Å². The van der Waals surface area contributed by atoms with Crippen molar-refractivity contribution in [2.75, 3.05) is 30.3 Å². The highest BCUT2D eigenvalue weighted by Crippen LogP contribution is 2.44. The van der Waals surface area contributed by atoms with Crippen LogP contribution in [0.5, 0.6) is 0 Å². The normalized spacial score (nSPS) is 28.0. The van der Waals surface area contributed by atoms with Crippen LogP contribution in [-0.4, -0.2) is 47.5 Å². The minimum absolute atomic E-state index is 0.0564. The number of alkyl halides is 1. The van der Waals surface area contributed by atoms with Crippen LogP contribution in [0.25, 0.3) is 10.9 Å². The summed E-state index contributed by atoms with van der Waals surface area (Å²) < 4.78 is 45.9. The van der Waals surface area contributed by atoms with Gasteiger partial charge in [-0.25, -0.2) is 18.0 Å². The minimum Gasteiger partial charge on any atom is -0.477 e. The topological polar surface area (TPSA) is 101 Å². The summed E-state index contributed by atoms with van der Waals surface area (Å²) in [6, 6.07) is -0.717. The van der Waals surface area contributed by atoms with Gasteiger partial charge < -0.3 is 25.6 Å². The molecule has 1 aromatic heterocycles. The molecule has 0 radical (unpaired) electrons. The smallest absolute Gasteiger partial charge is 0.341 e. The molecule has 0 bridgehead atoms. The van der Waals surface area contributed by atoms with Gasteiger partial charge in [0.2, 0.25) is 5.43 Å². The summed E-state index contributed by atoms with van der Waals surface area (Å²) in [6.45, 7) is 1.66. The molecule has 1 aromatic carbocycles. The Bertz CT molecular complexity index is 1120. The molecule has 4 atom stereocenters. The molecule has 3 fully saturated rings. The van der Waals surface area contributed by atoms with Crippen LogP contribution in [0.2, 0.25) is 0 Å². The van der Waals surface area contributed by atoms with Gasteiger partial charge in [0.25, 0.3) is 0 Å². The van der Waals surface area contributed by atoms with Crippen molar-refractivity contribution >= 4 is 28.2 Å². The number of benzene rings is 1. The third-order valence-corrected chi connectivity index (χ3v) is 6.55. The number of aromatic nitrogens is 1. The molecule has 0 unspecified atom stereocenters. The number of halogens is 3. The Morgan fingerprint density at radius 1 is 1.27 bits per heavy atom. The molecule has 10 heteroatoms. The second kappa shape index (κ2) is 6.63. The van der Waals surface area contributed by atoms with Gasteiger partial charge in [0.1, 0.15) is 17.4 Å². The van der Waals surface area contributed by atoms with E-state index >= 15 is 8.78 Å². The van der Waals surface area contributed by atoms with E-state index in [1.165, 1.54) is 0 Å². The van der Waals surface area contributed by atoms with Gasteiger partial charge in [0.15, 0.2) is 11.6 Å². The molecule has 0 spiro atoms. The monoisotopic (exact) mass is 422 g/mol. The summed E-state index contributed by atoms with van der Waals surface area (Å²) in [5.74, 6) is -3.42. The number of pyridine rings is 1. The number of hydrogen-bond acceptors (Lipinski definition) is 5. The van der Waals surface area contributed by atoms with Crippen LogP contribution in [0.4, 0.5) is 24.5 Å². The largest absolute Gasteiger partial charge is 0.477 e. The second-order valence-electron chi connectivity index (χ2n) is 8.39. The van der Waals surface area contributed by atoms with Crippen LogP contribution in [0.3, 0.4) is 0 Å². The Morgan fingerprint density at radius 2 is 2.00 bits per heavy atom. The maximum atomic E-state index is 15.7. The number of nitrogens with zero attached hydrogens (tertiary/aromatic N) is 2. The predicted molar refractivity (Wildman–Crippen MR) is 105 cm³/mol. The van der Waals surface area contributed by atoms with Crippen molar-refractivity contribution in [3.63, 3.8) is 0 Å². The number of anilines is 2. The van der Waals surface area contributed by atoms with Crippen molar-refractivity contribution in [3.8, 4) is 0 Å². The fourth-order valence-electron chi connectivity index (χ4n) is 4.91. The molecule has 2 aliphatic heterocycles. The number of piperidine rings is 1. The number of rotatable bonds is 3. The van der Waals surface area contributed by atoms with Gasteiger partial charge in [0, 0.05) is 31.7 Å². The van der Waals surface area contributed by atoms with E-state index in [1.54, 1.807) is 4.90 Å². The standard InChI is InChI=1S/C20H21F3N4O3/c21-10-4-12(10)27-6-9(20(29)30)19(28)13-16(24)14(22)18(15(23)17(13)27)26-5-8-2-1-3-25-11(8)7-26/h6,8,10-12,25H,1-5,7,24H2,(H,29,30)/t8-,10-,11+,12+/m0/s1. The summed E-state index contributed by atoms with van der Waals surface area (Å²) in [5, 5.41) is 12.1. The van der Waals surface area contributed by atoms with E-state index in [-0.39, 0.29) is 29.6 Å². The molecular weight excluding hydrogens is 401 g/mol. The SMILES string of the molecule is Nc1c(F)c(N2C[C@@H]3CCCN[C@@H]3C2)c(F)c2c1c(=O)c(C(=O)O)cn2[C@@H]1C[C@@H]1F. The predicted octanol–water partition coefficient (Wildman–Crippen LogP) is 2.03. The first kappa shape index (κ1) is 19.2. The summed E-state index contributed by atoms with van der Waals surface area (Å²) in [7, 11) is 0. The third-order valence-electron chi connectivity index (χ3n) is 6.55. The number of hydrogen-bond donors (Lipinski definition) is 3. The maximum absolute atomic E-state index is 15.7. The number of carbonyl (C=O) groups is 1. The Labute approximate surface area is 169 Å². The molecular formula is C20H21F3N4O3. The van der Waals surface area contributed by atoms with E-state index in [0.29, 0.717) is 13.1 Å². The Kier molecular flexibility index (Phi) is 4.25. The summed E-state index contributed by atoms with van der Waals surface area (Å²) >= 11 is 0. The molecule has 2 aromatic rings. The number of carboxylic acid groups (broad SMARTS) is 1. The average molecular weight is 422 g/mol. The quantitative estimate of drug-likeness (QED) is 0.655. The van der Waals surface area contributed by atoms with Gasteiger partial charge in [-0.2, -0.15) is 0 Å². The van der Waals surface area contributed by atoms with E-state index in [0.717, 1.165) is 30.2 Å². The van der Waals surface area contributed by atoms with Crippen LogP contribution < -0.4 is 21.4 Å². The van der Waals surface area contributed by atoms with Gasteiger partial charge >= 0.3 is 5.97 Å². The molecule has 1 aliphatic carbocycles. The van der Waals surface area contributed by atoms with Gasteiger partial charge in [-0.1, -0.05) is 0 Å². The lowest BCUT2D eigenvalue weighted by molar-refractivity contribution is 0.0694. The molecule has 1 saturated carbocycles. The molecule has 3 aliphatic rings. The zero-order valence-electron chi connectivity index (χ0n) is 16.0. The van der Waals surface area contributed by atoms with Gasteiger partial charge in [-0.15, -0.1) is 0 Å². The molecule has 4 N–H and O–H groups in total. The number of nitrogens with two attached hydrogens (primary N) is 1. The van der Waals surface area contributed by atoms with Crippen molar-refractivity contribution < 1.29 is 23.1 Å². The highest BCUT2D eigenvalue weighted by Gasteiger charge is 2.42. The molecule has 7 nitrogen and oxygen atoms in total. The number of carboxylic acids is 1. The van der Waals surface area contributed by atoms with Gasteiger partial charge in [0.05, 0.1) is 22.6 Å². The van der Waals surface area contributed by atoms with Crippen LogP contribution in [-0.2, 0) is 0 Å². The van der Waals surface area contributed by atoms with Crippen molar-refractivity contribution in [2.24, 2.45) is 5.92 Å². The fraction of sp³-hybridized carbons (Fsp3) is 0.500. The molecule has 160 valence electrons. The first-order valence-corrected chi connectivity index (χ1v) is 10.0. The molecule has 5 rings (SSSR count). The van der Waals surface area contributed by atoms with Crippen molar-refractivity contribution in [1.82, 2.24) is 9.88 Å². The van der Waals surface area contributed by atoms with E-state index in [1.807, 2.05) is 0 Å². The van der Waals surface area contributed by atoms with Crippen molar-refractivity contribution in [1.29, 1.82) is 0 Å². The van der Waals surface area contributed by atoms with Crippen LogP contribution >= 0.6 is 0 Å². The number of fused-ring (bicyclic) bond motifs is 2. The zero-order chi connectivity index (χ0) is 21.3. The van der Waals surface area contributed by atoms with Crippen molar-refractivity contribution in [2.45, 2.75) is 37.5 Å². The van der Waals surface area contributed by atoms with Crippen molar-refractivity contribution in [3.05, 3.63) is 33.6 Å². The summed E-state index contributed by atoms with van der Waals surface area (Å²) in [5.41, 5.74) is 2.84. The molecule has 3 heterocycles. The van der Waals surface area contributed by atoms with Crippen LogP contribution in [0.1, 0.15) is 35.7 Å². The number of nitrogens with one attached hydrogen (secondary N) is 1. The zero-order valence-corrected chi connectivity index (χ0v) is 16.0. The fourth-order valence-corrected chi connectivity index (χ4v) is 4.91. The molecule has 0 amide bonds. The Balaban J connectivity index is 1.75. The second-order valence-corrected chi connectivity index (χ2v) is 8.39. The highest BCUT2D eigenvalue weighted by atomic mass is 19.1.